The number of methoxy groups -OCH3 is 2. The Kier molecular flexibility index (Phi) is 9.25. The maximum atomic E-state index is 15.3. The number of fused-ring (bicyclic) bond motifs is 4. The molecule has 6 unspecified atom stereocenters. The Labute approximate surface area is 323 Å². The van der Waals surface area contributed by atoms with Crippen LogP contribution in [0.5, 0.6) is 23.0 Å². The van der Waals surface area contributed by atoms with E-state index in [0.717, 1.165) is 11.1 Å². The third-order valence-corrected chi connectivity index (χ3v) is 12.1. The van der Waals surface area contributed by atoms with Crippen LogP contribution >= 0.6 is 11.6 Å². The van der Waals surface area contributed by atoms with Gasteiger partial charge in [0.15, 0.2) is 11.5 Å². The number of halogens is 1. The molecule has 4 aromatic carbocycles. The van der Waals surface area contributed by atoms with Crippen LogP contribution in [0, 0.1) is 29.6 Å². The molecule has 0 radical (unpaired) electrons. The Morgan fingerprint density at radius 1 is 0.836 bits per heavy atom. The Balaban J connectivity index is 1.27. The second-order valence-electron chi connectivity index (χ2n) is 14.5. The molecule has 4 amide bonds. The number of rotatable bonds is 9. The highest BCUT2D eigenvalue weighted by atomic mass is 35.5. The number of carbonyl (C=O) groups excluding carboxylic acids is 4. The van der Waals surface area contributed by atoms with E-state index in [4.69, 9.17) is 21.1 Å². The van der Waals surface area contributed by atoms with E-state index in [-0.39, 0.29) is 47.8 Å². The number of phenols is 2. The van der Waals surface area contributed by atoms with Crippen molar-refractivity contribution in [3.05, 3.63) is 130 Å². The number of hydrogen-bond acceptors (Lipinski definition) is 8. The van der Waals surface area contributed by atoms with Crippen LogP contribution in [0.2, 0.25) is 5.02 Å². The van der Waals surface area contributed by atoms with Gasteiger partial charge in [-0.2, -0.15) is 0 Å². The number of amides is 4. The predicted octanol–water partition coefficient (Wildman–Crippen LogP) is 6.72. The van der Waals surface area contributed by atoms with Crippen molar-refractivity contribution < 1.29 is 38.9 Å². The van der Waals surface area contributed by atoms with Crippen molar-refractivity contribution in [2.75, 3.05) is 25.7 Å². The number of nitrogens with zero attached hydrogens (tertiary/aromatic N) is 2. The highest BCUT2D eigenvalue weighted by Crippen LogP contribution is 2.62. The Bertz CT molecular complexity index is 2250. The molecule has 280 valence electrons. The number of ether oxygens (including phenoxy) is 2. The van der Waals surface area contributed by atoms with Crippen LogP contribution in [0.1, 0.15) is 29.5 Å². The summed E-state index contributed by atoms with van der Waals surface area (Å²) >= 11 is 6.41. The van der Waals surface area contributed by atoms with Gasteiger partial charge in [0.25, 0.3) is 0 Å². The molecule has 4 aromatic rings. The molecule has 2 N–H and O–H groups in total. The molecule has 0 spiro atoms. The lowest BCUT2D eigenvalue weighted by Crippen LogP contribution is -2.54. The lowest BCUT2D eigenvalue weighted by atomic mass is 9.50. The second-order valence-corrected chi connectivity index (χ2v) is 15.0. The van der Waals surface area contributed by atoms with E-state index in [1.807, 2.05) is 48.6 Å². The summed E-state index contributed by atoms with van der Waals surface area (Å²) in [4.78, 5) is 61.2. The fraction of sp³-hybridized carbons (Fsp3) is 0.273. The van der Waals surface area contributed by atoms with Crippen LogP contribution < -0.4 is 14.4 Å². The van der Waals surface area contributed by atoms with Crippen LogP contribution in [0.3, 0.4) is 0 Å². The summed E-state index contributed by atoms with van der Waals surface area (Å²) in [6, 6.07) is 25.9. The molecule has 0 bridgehead atoms. The summed E-state index contributed by atoms with van der Waals surface area (Å²) in [5.41, 5.74) is 1.90. The average molecular weight is 759 g/mol. The van der Waals surface area contributed by atoms with E-state index in [9.17, 15) is 24.6 Å². The molecule has 2 aliphatic heterocycles. The molecular formula is C44H39ClN2O8. The van der Waals surface area contributed by atoms with Crippen LogP contribution in [0.4, 0.5) is 5.69 Å². The normalized spacial score (nSPS) is 25.9. The first kappa shape index (κ1) is 36.1. The fourth-order valence-electron chi connectivity index (χ4n) is 9.40. The van der Waals surface area contributed by atoms with Gasteiger partial charge in [-0.25, -0.2) is 4.90 Å². The number of likely N-dealkylation sites (tertiary alicyclic amines) is 1. The number of phenolic OH excluding ortho intramolecular Hbond substituents is 2. The summed E-state index contributed by atoms with van der Waals surface area (Å²) in [5.74, 6) is -4.41. The van der Waals surface area contributed by atoms with Crippen molar-refractivity contribution in [3.8, 4) is 23.0 Å². The zero-order valence-electron chi connectivity index (χ0n) is 30.2. The molecule has 0 aromatic heterocycles. The van der Waals surface area contributed by atoms with Gasteiger partial charge in [0.05, 0.1) is 43.1 Å². The topological polar surface area (TPSA) is 134 Å². The molecule has 3 fully saturated rings. The number of allylic oxidation sites excluding steroid dienone is 3. The standard InChI is InChI=1S/C44H39ClN2O8/c1-54-36-21-26(22-37(55-2)39(36)49)13-18-34-31-16-17-32-38(42(52)46(40(32)50)20-19-25-11-14-30(48)15-12-25)33(31)24-35-41(51)47(29-10-6-9-28(45)23-29)43(53)44(34,35)27-7-4-3-5-8-27/h3-16,18,21-23,32-35,38,48-49H,17,19-20,24H2,1-2H3. The molecule has 2 heterocycles. The van der Waals surface area contributed by atoms with E-state index in [1.54, 1.807) is 60.7 Å². The van der Waals surface area contributed by atoms with Crippen LogP contribution in [-0.4, -0.2) is 59.5 Å². The van der Waals surface area contributed by atoms with Gasteiger partial charge in [0.1, 0.15) is 5.75 Å². The fourth-order valence-corrected chi connectivity index (χ4v) is 9.58. The van der Waals surface area contributed by atoms with Crippen molar-refractivity contribution in [2.24, 2.45) is 29.6 Å². The molecule has 8 rings (SSSR count). The lowest BCUT2D eigenvalue weighted by Gasteiger charge is -2.49. The smallest absolute Gasteiger partial charge is 0.246 e. The van der Waals surface area contributed by atoms with Gasteiger partial charge in [0, 0.05) is 17.5 Å². The summed E-state index contributed by atoms with van der Waals surface area (Å²) in [7, 11) is 2.88. The van der Waals surface area contributed by atoms with Crippen LogP contribution in [-0.2, 0) is 31.0 Å². The van der Waals surface area contributed by atoms with E-state index in [1.165, 1.54) is 24.0 Å². The van der Waals surface area contributed by atoms with Gasteiger partial charge in [-0.15, -0.1) is 0 Å². The first-order valence-electron chi connectivity index (χ1n) is 18.2. The van der Waals surface area contributed by atoms with Crippen molar-refractivity contribution in [1.29, 1.82) is 0 Å². The number of anilines is 1. The third-order valence-electron chi connectivity index (χ3n) is 11.9. The molecule has 6 atom stereocenters. The summed E-state index contributed by atoms with van der Waals surface area (Å²) in [6.45, 7) is 0.183. The molecular weight excluding hydrogens is 720 g/mol. The minimum atomic E-state index is -1.42. The number of hydrogen-bond donors (Lipinski definition) is 2. The van der Waals surface area contributed by atoms with Crippen molar-refractivity contribution in [3.63, 3.8) is 0 Å². The average Bonchev–Trinajstić information content (AvgIpc) is 3.58. The Hall–Kier alpha value is -5.87. The zero-order chi connectivity index (χ0) is 38.6. The maximum absolute atomic E-state index is 15.3. The van der Waals surface area contributed by atoms with E-state index < -0.39 is 46.8 Å². The van der Waals surface area contributed by atoms with Gasteiger partial charge < -0.3 is 19.7 Å². The van der Waals surface area contributed by atoms with Crippen molar-refractivity contribution in [1.82, 2.24) is 4.90 Å². The van der Waals surface area contributed by atoms with E-state index in [2.05, 4.69) is 0 Å². The van der Waals surface area contributed by atoms with E-state index in [0.29, 0.717) is 34.7 Å². The molecule has 2 aliphatic carbocycles. The van der Waals surface area contributed by atoms with Gasteiger partial charge in [-0.05, 0) is 84.3 Å². The van der Waals surface area contributed by atoms with Crippen molar-refractivity contribution in [2.45, 2.75) is 24.7 Å². The van der Waals surface area contributed by atoms with E-state index >= 15 is 4.79 Å². The largest absolute Gasteiger partial charge is 0.508 e. The van der Waals surface area contributed by atoms with Crippen molar-refractivity contribution >= 4 is 47.0 Å². The monoisotopic (exact) mass is 758 g/mol. The van der Waals surface area contributed by atoms with Gasteiger partial charge in [0.2, 0.25) is 29.4 Å². The Morgan fingerprint density at radius 2 is 1.55 bits per heavy atom. The summed E-state index contributed by atoms with van der Waals surface area (Å²) < 4.78 is 10.8. The zero-order valence-corrected chi connectivity index (χ0v) is 31.0. The highest BCUT2D eigenvalue weighted by Gasteiger charge is 2.69. The quantitative estimate of drug-likeness (QED) is 0.142. The van der Waals surface area contributed by atoms with Crippen LogP contribution in [0.15, 0.2) is 109 Å². The maximum Gasteiger partial charge on any atom is 0.246 e. The Morgan fingerprint density at radius 3 is 2.22 bits per heavy atom. The number of carbonyl (C=O) groups is 4. The molecule has 2 saturated heterocycles. The minimum absolute atomic E-state index is 0.131. The minimum Gasteiger partial charge on any atom is -0.508 e. The molecule has 4 aliphatic rings. The number of benzene rings is 4. The van der Waals surface area contributed by atoms with Gasteiger partial charge in [-0.3, -0.25) is 24.1 Å². The lowest BCUT2D eigenvalue weighted by molar-refractivity contribution is -0.140. The van der Waals surface area contributed by atoms with Gasteiger partial charge >= 0.3 is 0 Å². The van der Waals surface area contributed by atoms with Crippen LogP contribution in [0.25, 0.3) is 6.08 Å². The molecule has 1 saturated carbocycles. The predicted molar refractivity (Wildman–Crippen MR) is 206 cm³/mol. The number of aromatic hydroxyl groups is 2. The molecule has 55 heavy (non-hydrogen) atoms. The molecule has 10 nitrogen and oxygen atoms in total. The third kappa shape index (κ3) is 5.78. The SMILES string of the molecule is COc1cc(C=CC2C3=CCC4C(=O)N(CCc5ccc(O)cc5)C(=O)C4C3CC3C(=O)N(c4cccc(Cl)c4)C(=O)C23c2ccccc2)cc(OC)c1O. The highest BCUT2D eigenvalue weighted by molar-refractivity contribution is 6.32. The summed E-state index contributed by atoms with van der Waals surface area (Å²) in [5, 5.41) is 20.7. The summed E-state index contributed by atoms with van der Waals surface area (Å²) in [6.07, 6.45) is 6.64. The number of imide groups is 2. The first-order chi connectivity index (χ1) is 26.6. The molecule has 11 heteroatoms. The first-order valence-corrected chi connectivity index (χ1v) is 18.6. The second kappa shape index (κ2) is 14.1. The van der Waals surface area contributed by atoms with Gasteiger partial charge in [-0.1, -0.05) is 83.9 Å².